The maximum absolute atomic E-state index is 12.7. The number of aromatic amines is 1. The van der Waals surface area contributed by atoms with Crippen molar-refractivity contribution in [1.29, 1.82) is 0 Å². The number of rotatable bonds is 6. The molecule has 3 N–H and O–H groups in total. The third-order valence-electron chi connectivity index (χ3n) is 5.93. The summed E-state index contributed by atoms with van der Waals surface area (Å²) in [5.41, 5.74) is 4.00. The lowest BCUT2D eigenvalue weighted by Gasteiger charge is -2.19. The minimum absolute atomic E-state index is 0.0428. The minimum Gasteiger partial charge on any atom is -0.334 e. The zero-order valence-electron chi connectivity index (χ0n) is 17.0. The fourth-order valence-electron chi connectivity index (χ4n) is 4.31. The molecule has 0 fully saturated rings. The predicted molar refractivity (Wildman–Crippen MR) is 116 cm³/mol. The van der Waals surface area contributed by atoms with Gasteiger partial charge in [-0.05, 0) is 43.2 Å². The van der Waals surface area contributed by atoms with E-state index in [1.54, 1.807) is 11.3 Å². The summed E-state index contributed by atoms with van der Waals surface area (Å²) in [5.74, 6) is 1.28. The molecular weight excluding hydrogens is 366 g/mol. The molecule has 0 saturated carbocycles. The average molecular weight is 397 g/mol. The summed E-state index contributed by atoms with van der Waals surface area (Å²) in [6.07, 6.45) is 5.59. The number of nitrogens with two attached hydrogens (primary N) is 1. The van der Waals surface area contributed by atoms with E-state index in [0.29, 0.717) is 18.5 Å². The topological polar surface area (TPSA) is 62.4 Å². The number of H-pyrrole nitrogens is 1. The highest BCUT2D eigenvalue weighted by molar-refractivity contribution is 7.18. The lowest BCUT2D eigenvalue weighted by atomic mass is 9.95. The van der Waals surface area contributed by atoms with Crippen LogP contribution in [0.3, 0.4) is 0 Å². The van der Waals surface area contributed by atoms with Crippen LogP contribution in [0.4, 0.5) is 0 Å². The molecule has 148 valence electrons. The number of benzene rings is 1. The first-order valence-electron chi connectivity index (χ1n) is 10.5. The van der Waals surface area contributed by atoms with Crippen molar-refractivity contribution in [2.24, 2.45) is 5.92 Å². The molecule has 1 aliphatic carbocycles. The number of aryl methyl sites for hydroxylation is 3. The first-order chi connectivity index (χ1) is 13.6. The van der Waals surface area contributed by atoms with Gasteiger partial charge in [0.15, 0.2) is 5.82 Å². The molecular formula is C23H30N3OS+. The molecule has 0 unspecified atom stereocenters. The van der Waals surface area contributed by atoms with Gasteiger partial charge in [-0.3, -0.25) is 4.79 Å². The Kier molecular flexibility index (Phi) is 5.65. The lowest BCUT2D eigenvalue weighted by Crippen LogP contribution is -2.85. The molecule has 0 bridgehead atoms. The summed E-state index contributed by atoms with van der Waals surface area (Å²) in [6, 6.07) is 9.28. The van der Waals surface area contributed by atoms with Gasteiger partial charge in [0.1, 0.15) is 17.4 Å². The molecule has 3 aromatic rings. The molecule has 4 rings (SSSR count). The third kappa shape index (κ3) is 3.78. The predicted octanol–water partition coefficient (Wildman–Crippen LogP) is 3.89. The van der Waals surface area contributed by atoms with Crippen LogP contribution >= 0.6 is 11.3 Å². The van der Waals surface area contributed by atoms with Crippen LogP contribution in [0, 0.1) is 5.92 Å². The van der Waals surface area contributed by atoms with Gasteiger partial charge in [-0.1, -0.05) is 45.0 Å². The monoisotopic (exact) mass is 396 g/mol. The Labute approximate surface area is 170 Å². The molecule has 0 amide bonds. The van der Waals surface area contributed by atoms with Crippen LogP contribution < -0.4 is 10.9 Å². The van der Waals surface area contributed by atoms with Crippen molar-refractivity contribution < 1.29 is 5.32 Å². The van der Waals surface area contributed by atoms with Gasteiger partial charge in [0.2, 0.25) is 0 Å². The number of thiophene rings is 1. The van der Waals surface area contributed by atoms with Crippen LogP contribution in [0.25, 0.3) is 10.2 Å². The summed E-state index contributed by atoms with van der Waals surface area (Å²) in [4.78, 5) is 22.9. The molecule has 1 atom stereocenters. The SMILES string of the molecule is CCc1ccc([C@H]([NH2+]Cc2nc3sc4c(c3c(=O)[nH]2)CCCC4)C(C)C)cc1. The zero-order valence-corrected chi connectivity index (χ0v) is 17.9. The van der Waals surface area contributed by atoms with Gasteiger partial charge in [0.05, 0.1) is 5.39 Å². The summed E-state index contributed by atoms with van der Waals surface area (Å²) in [7, 11) is 0. The third-order valence-corrected chi connectivity index (χ3v) is 7.12. The zero-order chi connectivity index (χ0) is 19.7. The maximum Gasteiger partial charge on any atom is 0.260 e. The van der Waals surface area contributed by atoms with Gasteiger partial charge in [-0.2, -0.15) is 0 Å². The van der Waals surface area contributed by atoms with Crippen molar-refractivity contribution in [3.63, 3.8) is 0 Å². The second-order valence-corrected chi connectivity index (χ2v) is 9.29. The van der Waals surface area contributed by atoms with Crippen LogP contribution in [0.1, 0.15) is 67.0 Å². The second kappa shape index (κ2) is 8.18. The van der Waals surface area contributed by atoms with E-state index in [1.165, 1.54) is 34.4 Å². The molecule has 2 heterocycles. The largest absolute Gasteiger partial charge is 0.334 e. The van der Waals surface area contributed by atoms with Gasteiger partial charge >= 0.3 is 0 Å². The Balaban J connectivity index is 1.57. The number of aromatic nitrogens is 2. The molecule has 0 saturated heterocycles. The molecule has 5 heteroatoms. The summed E-state index contributed by atoms with van der Waals surface area (Å²) in [6.45, 7) is 7.37. The van der Waals surface area contributed by atoms with Crippen LogP contribution in [0.2, 0.25) is 0 Å². The number of hydrogen-bond acceptors (Lipinski definition) is 3. The summed E-state index contributed by atoms with van der Waals surface area (Å²) in [5, 5.41) is 3.16. The lowest BCUT2D eigenvalue weighted by molar-refractivity contribution is -0.718. The number of fused-ring (bicyclic) bond motifs is 3. The highest BCUT2D eigenvalue weighted by Gasteiger charge is 2.22. The summed E-state index contributed by atoms with van der Waals surface area (Å²) < 4.78 is 0. The Hall–Kier alpha value is -1.98. The standard InChI is InChI=1S/C23H29N3OS/c1-4-15-9-11-16(12-10-15)21(14(2)3)24-13-19-25-22(27)20-17-7-5-6-8-18(17)28-23(20)26-19/h9-12,14,21,24H,4-8,13H2,1-3H3,(H,25,26,27)/p+1/t21-/m1/s1. The number of nitrogens with one attached hydrogen (secondary N) is 1. The van der Waals surface area contributed by atoms with E-state index in [0.717, 1.165) is 35.3 Å². The van der Waals surface area contributed by atoms with Gasteiger partial charge in [0, 0.05) is 16.4 Å². The maximum atomic E-state index is 12.7. The quantitative estimate of drug-likeness (QED) is 0.664. The van der Waals surface area contributed by atoms with E-state index >= 15 is 0 Å². The Bertz CT molecular complexity index is 1020. The molecule has 0 spiro atoms. The fourth-order valence-corrected chi connectivity index (χ4v) is 5.59. The van der Waals surface area contributed by atoms with Crippen molar-refractivity contribution in [1.82, 2.24) is 9.97 Å². The molecule has 1 aromatic carbocycles. The Morgan fingerprint density at radius 1 is 1.18 bits per heavy atom. The first-order valence-corrected chi connectivity index (χ1v) is 11.3. The first kappa shape index (κ1) is 19.3. The van der Waals surface area contributed by atoms with E-state index < -0.39 is 0 Å². The minimum atomic E-state index is 0.0428. The van der Waals surface area contributed by atoms with E-state index in [4.69, 9.17) is 4.98 Å². The van der Waals surface area contributed by atoms with Gasteiger partial charge in [-0.25, -0.2) is 4.98 Å². The molecule has 28 heavy (non-hydrogen) atoms. The van der Waals surface area contributed by atoms with Crippen molar-refractivity contribution in [2.45, 2.75) is 65.5 Å². The molecule has 0 aliphatic heterocycles. The van der Waals surface area contributed by atoms with Crippen LogP contribution in [-0.2, 0) is 25.8 Å². The van der Waals surface area contributed by atoms with E-state index in [1.807, 2.05) is 0 Å². The molecule has 2 aromatic heterocycles. The molecule has 4 nitrogen and oxygen atoms in total. The van der Waals surface area contributed by atoms with Crippen molar-refractivity contribution in [3.8, 4) is 0 Å². The Morgan fingerprint density at radius 2 is 1.93 bits per heavy atom. The molecule has 1 aliphatic rings. The van der Waals surface area contributed by atoms with Crippen molar-refractivity contribution in [3.05, 3.63) is 62.0 Å². The van der Waals surface area contributed by atoms with Gasteiger partial charge < -0.3 is 10.3 Å². The van der Waals surface area contributed by atoms with Crippen molar-refractivity contribution >= 4 is 21.6 Å². The van der Waals surface area contributed by atoms with Crippen LogP contribution in [-0.4, -0.2) is 9.97 Å². The smallest absolute Gasteiger partial charge is 0.260 e. The number of hydrogen-bond donors (Lipinski definition) is 2. The number of nitrogens with zero attached hydrogens (tertiary/aromatic N) is 1. The van der Waals surface area contributed by atoms with Crippen LogP contribution in [0.15, 0.2) is 29.1 Å². The van der Waals surface area contributed by atoms with Crippen LogP contribution in [0.5, 0.6) is 0 Å². The van der Waals surface area contributed by atoms with E-state index in [-0.39, 0.29) is 5.56 Å². The van der Waals surface area contributed by atoms with E-state index in [2.05, 4.69) is 55.3 Å². The average Bonchev–Trinajstić information content (AvgIpc) is 3.07. The number of quaternary nitrogens is 1. The Morgan fingerprint density at radius 3 is 2.64 bits per heavy atom. The second-order valence-electron chi connectivity index (χ2n) is 8.21. The van der Waals surface area contributed by atoms with E-state index in [9.17, 15) is 4.79 Å². The normalized spacial score (nSPS) is 15.1. The highest BCUT2D eigenvalue weighted by atomic mass is 32.1. The van der Waals surface area contributed by atoms with Crippen molar-refractivity contribution in [2.75, 3.05) is 0 Å². The summed E-state index contributed by atoms with van der Waals surface area (Å²) >= 11 is 1.72. The fraction of sp³-hybridized carbons (Fsp3) is 0.478. The van der Waals surface area contributed by atoms with Gasteiger partial charge in [0.25, 0.3) is 5.56 Å². The highest BCUT2D eigenvalue weighted by Crippen LogP contribution is 2.33. The molecule has 0 radical (unpaired) electrons. The van der Waals surface area contributed by atoms with Gasteiger partial charge in [-0.15, -0.1) is 11.3 Å².